The number of hydrogen-bond acceptors (Lipinski definition) is 4. The van der Waals surface area contributed by atoms with Crippen LogP contribution in [0.4, 0.5) is 0 Å². The number of aliphatic hydroxyl groups is 1. The molecule has 1 fully saturated rings. The van der Waals surface area contributed by atoms with E-state index in [4.69, 9.17) is 9.84 Å². The zero-order valence-electron chi connectivity index (χ0n) is 11.1. The minimum atomic E-state index is -1.00. The van der Waals surface area contributed by atoms with Gasteiger partial charge in [-0.15, -0.1) is 0 Å². The predicted molar refractivity (Wildman–Crippen MR) is 71.0 cm³/mol. The molecule has 5 heteroatoms. The van der Waals surface area contributed by atoms with E-state index in [2.05, 4.69) is 0 Å². The maximum absolute atomic E-state index is 11.8. The highest BCUT2D eigenvalue weighted by Gasteiger charge is 2.42. The number of hydrogen-bond donors (Lipinski definition) is 2. The first kappa shape index (κ1) is 14.7. The number of rotatable bonds is 6. The summed E-state index contributed by atoms with van der Waals surface area (Å²) in [5.74, 6) is -2.19. The van der Waals surface area contributed by atoms with Crippen LogP contribution in [0.3, 0.4) is 0 Å². The summed E-state index contributed by atoms with van der Waals surface area (Å²) in [6.45, 7) is 0.531. The lowest BCUT2D eigenvalue weighted by molar-refractivity contribution is -0.139. The number of aliphatic carboxylic acids is 1. The van der Waals surface area contributed by atoms with Crippen LogP contribution < -0.4 is 0 Å². The Labute approximate surface area is 117 Å². The number of carboxylic acid groups (broad SMARTS) is 1. The quantitative estimate of drug-likeness (QED) is 0.818. The van der Waals surface area contributed by atoms with Crippen molar-refractivity contribution in [2.24, 2.45) is 11.8 Å². The van der Waals surface area contributed by atoms with Crippen LogP contribution in [0.2, 0.25) is 0 Å². The first-order valence-electron chi connectivity index (χ1n) is 6.62. The van der Waals surface area contributed by atoms with Crippen LogP contribution in [0, 0.1) is 11.8 Å². The molecule has 0 saturated heterocycles. The van der Waals surface area contributed by atoms with Crippen molar-refractivity contribution >= 4 is 11.8 Å². The molecular weight excluding hydrogens is 260 g/mol. The Morgan fingerprint density at radius 2 is 2.00 bits per heavy atom. The molecule has 2 rings (SSSR count). The molecule has 0 aromatic heterocycles. The van der Waals surface area contributed by atoms with Crippen LogP contribution in [0.15, 0.2) is 30.3 Å². The molecule has 3 atom stereocenters. The summed E-state index contributed by atoms with van der Waals surface area (Å²) in [4.78, 5) is 22.6. The highest BCUT2D eigenvalue weighted by molar-refractivity contribution is 5.85. The maximum Gasteiger partial charge on any atom is 0.303 e. The second kappa shape index (κ2) is 6.63. The van der Waals surface area contributed by atoms with E-state index in [0.717, 1.165) is 5.56 Å². The van der Waals surface area contributed by atoms with Gasteiger partial charge in [0.25, 0.3) is 0 Å². The maximum atomic E-state index is 11.8. The number of carbonyl (C=O) groups excluding carboxylic acids is 1. The molecule has 20 heavy (non-hydrogen) atoms. The number of aliphatic hydroxyl groups excluding tert-OH is 1. The summed E-state index contributed by atoms with van der Waals surface area (Å²) >= 11 is 0. The van der Waals surface area contributed by atoms with Gasteiger partial charge >= 0.3 is 5.97 Å². The van der Waals surface area contributed by atoms with Gasteiger partial charge < -0.3 is 14.9 Å². The van der Waals surface area contributed by atoms with E-state index in [0.29, 0.717) is 6.61 Å². The third-order valence-corrected chi connectivity index (χ3v) is 3.65. The molecule has 108 valence electrons. The Hall–Kier alpha value is -1.72. The second-order valence-corrected chi connectivity index (χ2v) is 5.11. The molecule has 1 saturated carbocycles. The van der Waals surface area contributed by atoms with Gasteiger partial charge in [-0.2, -0.15) is 0 Å². The van der Waals surface area contributed by atoms with Crippen molar-refractivity contribution in [2.45, 2.75) is 25.6 Å². The smallest absolute Gasteiger partial charge is 0.303 e. The summed E-state index contributed by atoms with van der Waals surface area (Å²) < 4.78 is 5.51. The summed E-state index contributed by atoms with van der Waals surface area (Å²) in [5, 5.41) is 18.6. The van der Waals surface area contributed by atoms with E-state index in [1.165, 1.54) is 0 Å². The summed E-state index contributed by atoms with van der Waals surface area (Å²) in [7, 11) is 0. The lowest BCUT2D eigenvalue weighted by atomic mass is 9.92. The van der Waals surface area contributed by atoms with Gasteiger partial charge in [-0.1, -0.05) is 30.3 Å². The molecular formula is C15H18O5. The molecule has 5 nitrogen and oxygen atoms in total. The van der Waals surface area contributed by atoms with Gasteiger partial charge in [0.2, 0.25) is 0 Å². The van der Waals surface area contributed by atoms with Crippen molar-refractivity contribution in [1.82, 2.24) is 0 Å². The topological polar surface area (TPSA) is 83.8 Å². The van der Waals surface area contributed by atoms with Gasteiger partial charge in [0.05, 0.1) is 25.7 Å². The van der Waals surface area contributed by atoms with Crippen molar-refractivity contribution in [3.05, 3.63) is 35.9 Å². The molecule has 0 aliphatic heterocycles. The minimum Gasteiger partial charge on any atom is -0.481 e. The van der Waals surface area contributed by atoms with E-state index in [9.17, 15) is 14.7 Å². The van der Waals surface area contributed by atoms with Gasteiger partial charge in [0.15, 0.2) is 0 Å². The molecule has 1 aliphatic carbocycles. The number of benzene rings is 1. The molecule has 2 N–H and O–H groups in total. The van der Waals surface area contributed by atoms with Crippen molar-refractivity contribution in [2.75, 3.05) is 6.61 Å². The lowest BCUT2D eigenvalue weighted by Gasteiger charge is -2.19. The molecule has 0 heterocycles. The Bertz CT molecular complexity index is 470. The average Bonchev–Trinajstić information content (AvgIpc) is 2.66. The van der Waals surface area contributed by atoms with Crippen LogP contribution in [0.5, 0.6) is 0 Å². The Kier molecular flexibility index (Phi) is 4.87. The number of ether oxygens (including phenoxy) is 1. The largest absolute Gasteiger partial charge is 0.481 e. The Morgan fingerprint density at radius 1 is 1.30 bits per heavy atom. The number of Topliss-reactive ketones (excluding diaryl/α,β-unsaturated/α-hetero) is 1. The number of carbonyl (C=O) groups is 2. The molecule has 1 aliphatic rings. The van der Waals surface area contributed by atoms with Gasteiger partial charge in [0.1, 0.15) is 5.78 Å². The number of carboxylic acids is 1. The Balaban J connectivity index is 1.89. The van der Waals surface area contributed by atoms with E-state index in [1.807, 2.05) is 30.3 Å². The van der Waals surface area contributed by atoms with Crippen molar-refractivity contribution in [3.63, 3.8) is 0 Å². The van der Waals surface area contributed by atoms with Crippen LogP contribution in [-0.4, -0.2) is 34.7 Å². The molecule has 0 spiro atoms. The average molecular weight is 278 g/mol. The molecule has 0 unspecified atom stereocenters. The fourth-order valence-electron chi connectivity index (χ4n) is 2.59. The van der Waals surface area contributed by atoms with Gasteiger partial charge in [0, 0.05) is 18.3 Å². The fourth-order valence-corrected chi connectivity index (χ4v) is 2.59. The lowest BCUT2D eigenvalue weighted by Crippen LogP contribution is -2.27. The van der Waals surface area contributed by atoms with Gasteiger partial charge in [-0.05, 0) is 5.56 Å². The SMILES string of the molecule is O=C(O)C[C@@H]1[C@H](O)CC(=O)[C@H]1COCc1ccccc1. The van der Waals surface area contributed by atoms with E-state index < -0.39 is 23.9 Å². The first-order valence-corrected chi connectivity index (χ1v) is 6.62. The summed E-state index contributed by atoms with van der Waals surface area (Å²) in [6, 6.07) is 9.54. The first-order chi connectivity index (χ1) is 9.58. The van der Waals surface area contributed by atoms with Crippen LogP contribution >= 0.6 is 0 Å². The van der Waals surface area contributed by atoms with Crippen molar-refractivity contribution < 1.29 is 24.5 Å². The molecule has 0 bridgehead atoms. The van der Waals surface area contributed by atoms with Crippen LogP contribution in [0.25, 0.3) is 0 Å². The van der Waals surface area contributed by atoms with Crippen LogP contribution in [0.1, 0.15) is 18.4 Å². The second-order valence-electron chi connectivity index (χ2n) is 5.11. The number of ketones is 1. The van der Waals surface area contributed by atoms with Crippen LogP contribution in [-0.2, 0) is 20.9 Å². The highest BCUT2D eigenvalue weighted by atomic mass is 16.5. The molecule has 1 aromatic carbocycles. The van der Waals surface area contributed by atoms with E-state index in [1.54, 1.807) is 0 Å². The highest BCUT2D eigenvalue weighted by Crippen LogP contribution is 2.32. The normalized spacial score (nSPS) is 25.9. The zero-order valence-corrected chi connectivity index (χ0v) is 11.1. The van der Waals surface area contributed by atoms with Gasteiger partial charge in [-0.25, -0.2) is 0 Å². The van der Waals surface area contributed by atoms with Gasteiger partial charge in [-0.3, -0.25) is 9.59 Å². The van der Waals surface area contributed by atoms with E-state index in [-0.39, 0.29) is 25.2 Å². The fraction of sp³-hybridized carbons (Fsp3) is 0.467. The molecule has 1 aromatic rings. The molecule has 0 radical (unpaired) electrons. The van der Waals surface area contributed by atoms with E-state index >= 15 is 0 Å². The Morgan fingerprint density at radius 3 is 2.65 bits per heavy atom. The standard InChI is InChI=1S/C15H18O5/c16-13-7-14(17)12(11(13)6-15(18)19)9-20-8-10-4-2-1-3-5-10/h1-5,11-13,16H,6-9H2,(H,18,19)/t11-,12-,13+/m0/s1. The summed E-state index contributed by atoms with van der Waals surface area (Å²) in [5.41, 5.74) is 0.994. The minimum absolute atomic E-state index is 0.0251. The summed E-state index contributed by atoms with van der Waals surface area (Å²) in [6.07, 6.45) is -1.05. The third kappa shape index (κ3) is 3.65. The predicted octanol–water partition coefficient (Wildman–Crippen LogP) is 1.24. The zero-order chi connectivity index (χ0) is 14.5. The monoisotopic (exact) mass is 278 g/mol. The molecule has 0 amide bonds. The van der Waals surface area contributed by atoms with Crippen molar-refractivity contribution in [1.29, 1.82) is 0 Å². The van der Waals surface area contributed by atoms with Crippen molar-refractivity contribution in [3.8, 4) is 0 Å². The third-order valence-electron chi connectivity index (χ3n) is 3.65.